The molecule has 2 aromatic carbocycles. The van der Waals surface area contributed by atoms with Gasteiger partial charge in [0.1, 0.15) is 5.52 Å². The van der Waals surface area contributed by atoms with Crippen LogP contribution in [0.2, 0.25) is 0 Å². The molecule has 3 aromatic rings. The summed E-state index contributed by atoms with van der Waals surface area (Å²) < 4.78 is 15.6. The van der Waals surface area contributed by atoms with E-state index >= 15 is 0 Å². The number of hydrogen-bond acceptors (Lipinski definition) is 5. The molecule has 0 unspecified atom stereocenters. The molecular weight excluding hydrogens is 272 g/mol. The monoisotopic (exact) mass is 282 g/mol. The normalized spacial score (nSPS) is 12.6. The molecule has 0 atom stereocenters. The van der Waals surface area contributed by atoms with Gasteiger partial charge in [0.25, 0.3) is 5.91 Å². The van der Waals surface area contributed by atoms with Crippen LogP contribution >= 0.6 is 0 Å². The standard InChI is InChI=1S/C15H10N2O4/c18-15(9-1-3-13-14(5-9)21-8-20-13)17-10-2-4-12-11(6-10)16-7-19-12/h1-7H,8H2,(H,17,18). The Morgan fingerprint density at radius 2 is 2.00 bits per heavy atom. The van der Waals surface area contributed by atoms with E-state index < -0.39 is 0 Å². The second-order valence-electron chi connectivity index (χ2n) is 4.56. The van der Waals surface area contributed by atoms with Crippen molar-refractivity contribution in [1.82, 2.24) is 4.98 Å². The summed E-state index contributed by atoms with van der Waals surface area (Å²) in [5.41, 5.74) is 2.52. The largest absolute Gasteiger partial charge is 0.454 e. The highest BCUT2D eigenvalue weighted by Crippen LogP contribution is 2.32. The fourth-order valence-electron chi connectivity index (χ4n) is 2.18. The zero-order chi connectivity index (χ0) is 14.2. The summed E-state index contributed by atoms with van der Waals surface area (Å²) in [6, 6.07) is 10.3. The molecule has 0 bridgehead atoms. The molecule has 6 heteroatoms. The number of anilines is 1. The summed E-state index contributed by atoms with van der Waals surface area (Å²) in [6.07, 6.45) is 1.37. The highest BCUT2D eigenvalue weighted by molar-refractivity contribution is 6.05. The Bertz CT molecular complexity index is 841. The summed E-state index contributed by atoms with van der Waals surface area (Å²) in [7, 11) is 0. The van der Waals surface area contributed by atoms with Crippen molar-refractivity contribution < 1.29 is 18.7 Å². The second kappa shape index (κ2) is 4.52. The first-order valence-electron chi connectivity index (χ1n) is 6.34. The average molecular weight is 282 g/mol. The van der Waals surface area contributed by atoms with E-state index in [2.05, 4.69) is 10.3 Å². The van der Waals surface area contributed by atoms with Gasteiger partial charge in [-0.3, -0.25) is 4.79 Å². The molecule has 1 aromatic heterocycles. The van der Waals surface area contributed by atoms with Crippen molar-refractivity contribution in [2.75, 3.05) is 12.1 Å². The van der Waals surface area contributed by atoms with Crippen molar-refractivity contribution >= 4 is 22.7 Å². The first kappa shape index (κ1) is 11.8. The van der Waals surface area contributed by atoms with Crippen LogP contribution in [0.5, 0.6) is 11.5 Å². The van der Waals surface area contributed by atoms with Crippen molar-refractivity contribution in [1.29, 1.82) is 0 Å². The van der Waals surface area contributed by atoms with Gasteiger partial charge in [0.05, 0.1) is 0 Å². The molecule has 2 heterocycles. The van der Waals surface area contributed by atoms with Crippen LogP contribution in [-0.4, -0.2) is 17.7 Å². The third-order valence-electron chi connectivity index (χ3n) is 3.22. The lowest BCUT2D eigenvalue weighted by molar-refractivity contribution is 0.102. The zero-order valence-corrected chi connectivity index (χ0v) is 10.8. The predicted molar refractivity (Wildman–Crippen MR) is 74.5 cm³/mol. The van der Waals surface area contributed by atoms with Gasteiger partial charge in [0.2, 0.25) is 6.79 Å². The van der Waals surface area contributed by atoms with Crippen LogP contribution in [0.15, 0.2) is 47.2 Å². The number of rotatable bonds is 2. The Morgan fingerprint density at radius 1 is 1.10 bits per heavy atom. The number of benzene rings is 2. The van der Waals surface area contributed by atoms with E-state index in [0.717, 1.165) is 0 Å². The smallest absolute Gasteiger partial charge is 0.255 e. The van der Waals surface area contributed by atoms with E-state index in [4.69, 9.17) is 13.9 Å². The fraction of sp³-hybridized carbons (Fsp3) is 0.0667. The second-order valence-corrected chi connectivity index (χ2v) is 4.56. The number of nitrogens with zero attached hydrogens (tertiary/aromatic N) is 1. The fourth-order valence-corrected chi connectivity index (χ4v) is 2.18. The first-order valence-corrected chi connectivity index (χ1v) is 6.34. The van der Waals surface area contributed by atoms with Gasteiger partial charge in [-0.1, -0.05) is 0 Å². The number of carbonyl (C=O) groups is 1. The summed E-state index contributed by atoms with van der Waals surface area (Å²) in [4.78, 5) is 16.3. The van der Waals surface area contributed by atoms with Gasteiger partial charge in [0, 0.05) is 11.3 Å². The van der Waals surface area contributed by atoms with Crippen LogP contribution in [0.1, 0.15) is 10.4 Å². The summed E-state index contributed by atoms with van der Waals surface area (Å²) >= 11 is 0. The summed E-state index contributed by atoms with van der Waals surface area (Å²) in [6.45, 7) is 0.184. The van der Waals surface area contributed by atoms with Gasteiger partial charge in [0.15, 0.2) is 23.5 Å². The molecule has 1 aliphatic rings. The van der Waals surface area contributed by atoms with Gasteiger partial charge in [-0.25, -0.2) is 4.98 Å². The SMILES string of the molecule is O=C(Nc1ccc2ocnc2c1)c1ccc2c(c1)OCO2. The number of oxazole rings is 1. The third kappa shape index (κ3) is 2.06. The van der Waals surface area contributed by atoms with Crippen LogP contribution in [0, 0.1) is 0 Å². The minimum atomic E-state index is -0.226. The number of ether oxygens (including phenoxy) is 2. The van der Waals surface area contributed by atoms with E-state index in [0.29, 0.717) is 33.8 Å². The van der Waals surface area contributed by atoms with E-state index in [1.165, 1.54) is 6.39 Å². The van der Waals surface area contributed by atoms with Gasteiger partial charge in [-0.2, -0.15) is 0 Å². The minimum Gasteiger partial charge on any atom is -0.454 e. The predicted octanol–water partition coefficient (Wildman–Crippen LogP) is 2.81. The van der Waals surface area contributed by atoms with Gasteiger partial charge < -0.3 is 19.2 Å². The molecule has 104 valence electrons. The van der Waals surface area contributed by atoms with Gasteiger partial charge in [-0.15, -0.1) is 0 Å². The number of fused-ring (bicyclic) bond motifs is 2. The van der Waals surface area contributed by atoms with Gasteiger partial charge in [-0.05, 0) is 36.4 Å². The molecule has 1 N–H and O–H groups in total. The molecule has 0 aliphatic carbocycles. The topological polar surface area (TPSA) is 73.6 Å². The number of amides is 1. The van der Waals surface area contributed by atoms with Crippen molar-refractivity contribution in [3.63, 3.8) is 0 Å². The zero-order valence-electron chi connectivity index (χ0n) is 10.8. The number of nitrogens with one attached hydrogen (secondary N) is 1. The van der Waals surface area contributed by atoms with Gasteiger partial charge >= 0.3 is 0 Å². The average Bonchev–Trinajstić information content (AvgIpc) is 3.14. The molecule has 0 radical (unpaired) electrons. The molecule has 4 rings (SSSR count). The van der Waals surface area contributed by atoms with Crippen LogP contribution in [0.25, 0.3) is 11.1 Å². The lowest BCUT2D eigenvalue weighted by Crippen LogP contribution is -2.11. The van der Waals surface area contributed by atoms with Crippen molar-refractivity contribution in [3.8, 4) is 11.5 Å². The molecule has 0 fully saturated rings. The van der Waals surface area contributed by atoms with Crippen LogP contribution in [0.3, 0.4) is 0 Å². The summed E-state index contributed by atoms with van der Waals surface area (Å²) in [5, 5.41) is 2.81. The highest BCUT2D eigenvalue weighted by atomic mass is 16.7. The third-order valence-corrected chi connectivity index (χ3v) is 3.22. The van der Waals surface area contributed by atoms with E-state index in [1.807, 2.05) is 0 Å². The maximum Gasteiger partial charge on any atom is 0.255 e. The molecule has 1 aliphatic heterocycles. The van der Waals surface area contributed by atoms with Crippen molar-refractivity contribution in [2.45, 2.75) is 0 Å². The maximum absolute atomic E-state index is 12.2. The maximum atomic E-state index is 12.2. The number of hydrogen-bond donors (Lipinski definition) is 1. The van der Waals surface area contributed by atoms with Crippen molar-refractivity contribution in [2.24, 2.45) is 0 Å². The number of aromatic nitrogens is 1. The molecule has 0 saturated heterocycles. The molecule has 0 spiro atoms. The Kier molecular flexibility index (Phi) is 2.53. The Hall–Kier alpha value is -3.02. The lowest BCUT2D eigenvalue weighted by atomic mass is 10.2. The molecule has 1 amide bonds. The molecular formula is C15H10N2O4. The molecule has 6 nitrogen and oxygen atoms in total. The van der Waals surface area contributed by atoms with E-state index in [1.54, 1.807) is 36.4 Å². The highest BCUT2D eigenvalue weighted by Gasteiger charge is 2.16. The lowest BCUT2D eigenvalue weighted by Gasteiger charge is -2.05. The van der Waals surface area contributed by atoms with Crippen LogP contribution in [0.4, 0.5) is 5.69 Å². The minimum absolute atomic E-state index is 0.184. The van der Waals surface area contributed by atoms with Crippen LogP contribution in [-0.2, 0) is 0 Å². The van der Waals surface area contributed by atoms with E-state index in [-0.39, 0.29) is 12.7 Å². The number of carbonyl (C=O) groups excluding carboxylic acids is 1. The first-order chi connectivity index (χ1) is 10.3. The molecule has 0 saturated carbocycles. The quantitative estimate of drug-likeness (QED) is 0.782. The summed E-state index contributed by atoms with van der Waals surface area (Å²) in [5.74, 6) is 1.00. The Morgan fingerprint density at radius 3 is 2.95 bits per heavy atom. The van der Waals surface area contributed by atoms with E-state index in [9.17, 15) is 4.79 Å². The van der Waals surface area contributed by atoms with Crippen molar-refractivity contribution in [3.05, 3.63) is 48.4 Å². The Labute approximate surface area is 119 Å². The Balaban J connectivity index is 1.59. The molecule has 21 heavy (non-hydrogen) atoms. The van der Waals surface area contributed by atoms with Crippen LogP contribution < -0.4 is 14.8 Å².